The quantitative estimate of drug-likeness (QED) is 0.732. The first-order chi connectivity index (χ1) is 9.69. The molecule has 5 nitrogen and oxygen atoms in total. The Bertz CT molecular complexity index is 680. The van der Waals surface area contributed by atoms with Crippen LogP contribution in [0.2, 0.25) is 0 Å². The van der Waals surface area contributed by atoms with Gasteiger partial charge in [-0.2, -0.15) is 0 Å². The van der Waals surface area contributed by atoms with Crippen LogP contribution in [0.1, 0.15) is 12.7 Å². The average Bonchev–Trinajstić information content (AvgIpc) is 3.06. The van der Waals surface area contributed by atoms with Crippen LogP contribution in [0.25, 0.3) is 23.0 Å². The highest BCUT2D eigenvalue weighted by molar-refractivity contribution is 5.56. The topological polar surface area (TPSA) is 48.5 Å². The van der Waals surface area contributed by atoms with Crippen molar-refractivity contribution in [3.63, 3.8) is 0 Å². The van der Waals surface area contributed by atoms with Crippen molar-refractivity contribution in [1.82, 2.24) is 24.1 Å². The van der Waals surface area contributed by atoms with Crippen LogP contribution in [-0.4, -0.2) is 24.1 Å². The summed E-state index contributed by atoms with van der Waals surface area (Å²) in [7, 11) is 3.99. The number of aryl methyl sites for hydroxylation is 3. The number of nitrogens with zero attached hydrogens (tertiary/aromatic N) is 5. The van der Waals surface area contributed by atoms with Crippen molar-refractivity contribution in [1.29, 1.82) is 0 Å². The van der Waals surface area contributed by atoms with Gasteiger partial charge in [-0.15, -0.1) is 0 Å². The lowest BCUT2D eigenvalue weighted by molar-refractivity contribution is 0.860. The fraction of sp³-hybridized carbons (Fsp3) is 0.267. The van der Waals surface area contributed by atoms with Crippen molar-refractivity contribution in [3.05, 3.63) is 42.5 Å². The third-order valence-corrected chi connectivity index (χ3v) is 3.34. The molecular weight excluding hydrogens is 250 g/mol. The van der Waals surface area contributed by atoms with Crippen LogP contribution < -0.4 is 0 Å². The number of rotatable bonds is 3. The van der Waals surface area contributed by atoms with Gasteiger partial charge in [0, 0.05) is 32.9 Å². The van der Waals surface area contributed by atoms with E-state index in [1.807, 2.05) is 59.9 Å². The third kappa shape index (κ3) is 2.11. The summed E-state index contributed by atoms with van der Waals surface area (Å²) in [6.45, 7) is 2.05. The molecule has 3 aromatic heterocycles. The van der Waals surface area contributed by atoms with Crippen LogP contribution in [0.15, 0.2) is 36.7 Å². The van der Waals surface area contributed by atoms with E-state index in [1.54, 1.807) is 0 Å². The SMILES string of the molecule is CCc1nc(-c2cccn2C)nc(-c2cccn2C)n1. The van der Waals surface area contributed by atoms with Gasteiger partial charge in [0.1, 0.15) is 5.82 Å². The zero-order valence-electron chi connectivity index (χ0n) is 11.9. The van der Waals surface area contributed by atoms with Gasteiger partial charge < -0.3 is 9.13 Å². The molecule has 102 valence electrons. The van der Waals surface area contributed by atoms with Crippen molar-refractivity contribution in [2.45, 2.75) is 13.3 Å². The van der Waals surface area contributed by atoms with Crippen LogP contribution in [0.4, 0.5) is 0 Å². The summed E-state index contributed by atoms with van der Waals surface area (Å²) in [6, 6.07) is 8.02. The van der Waals surface area contributed by atoms with Crippen molar-refractivity contribution >= 4 is 0 Å². The number of hydrogen-bond donors (Lipinski definition) is 0. The second-order valence-electron chi connectivity index (χ2n) is 4.76. The van der Waals surface area contributed by atoms with E-state index >= 15 is 0 Å². The standard InChI is InChI=1S/C15H17N5/c1-4-13-16-14(11-7-5-9-19(11)2)18-15(17-13)12-8-6-10-20(12)3/h5-10H,4H2,1-3H3. The highest BCUT2D eigenvalue weighted by atomic mass is 15.1. The molecule has 0 spiro atoms. The molecule has 3 aromatic rings. The summed E-state index contributed by atoms with van der Waals surface area (Å²) in [6.07, 6.45) is 4.78. The lowest BCUT2D eigenvalue weighted by Gasteiger charge is -2.08. The Kier molecular flexibility index (Phi) is 3.10. The molecular formula is C15H17N5. The van der Waals surface area contributed by atoms with Crippen LogP contribution in [0.3, 0.4) is 0 Å². The van der Waals surface area contributed by atoms with Crippen molar-refractivity contribution < 1.29 is 0 Å². The van der Waals surface area contributed by atoms with Crippen molar-refractivity contribution in [2.24, 2.45) is 14.1 Å². The van der Waals surface area contributed by atoms with E-state index in [2.05, 4.69) is 21.9 Å². The predicted octanol–water partition coefficient (Wildman–Crippen LogP) is 2.45. The minimum absolute atomic E-state index is 0.723. The maximum Gasteiger partial charge on any atom is 0.180 e. The molecule has 0 unspecified atom stereocenters. The zero-order valence-corrected chi connectivity index (χ0v) is 11.9. The van der Waals surface area contributed by atoms with Gasteiger partial charge in [-0.3, -0.25) is 0 Å². The van der Waals surface area contributed by atoms with E-state index in [0.717, 1.165) is 35.3 Å². The lowest BCUT2D eigenvalue weighted by Crippen LogP contribution is -2.05. The second-order valence-corrected chi connectivity index (χ2v) is 4.76. The normalized spacial score (nSPS) is 10.9. The summed E-state index contributed by atoms with van der Waals surface area (Å²) in [4.78, 5) is 13.7. The van der Waals surface area contributed by atoms with Gasteiger partial charge in [-0.25, -0.2) is 15.0 Å². The Hall–Kier alpha value is -2.43. The minimum Gasteiger partial charge on any atom is -0.348 e. The maximum absolute atomic E-state index is 4.62. The molecule has 0 fully saturated rings. The molecule has 20 heavy (non-hydrogen) atoms. The van der Waals surface area contributed by atoms with Crippen molar-refractivity contribution in [3.8, 4) is 23.0 Å². The molecule has 0 aromatic carbocycles. The van der Waals surface area contributed by atoms with E-state index in [0.29, 0.717) is 0 Å². The average molecular weight is 267 g/mol. The summed E-state index contributed by atoms with van der Waals surface area (Å²) >= 11 is 0. The molecule has 0 N–H and O–H groups in total. The monoisotopic (exact) mass is 267 g/mol. The van der Waals surface area contributed by atoms with Crippen LogP contribution >= 0.6 is 0 Å². The third-order valence-electron chi connectivity index (χ3n) is 3.34. The van der Waals surface area contributed by atoms with Crippen LogP contribution in [-0.2, 0) is 20.5 Å². The molecule has 3 rings (SSSR count). The Morgan fingerprint density at radius 1 is 0.850 bits per heavy atom. The van der Waals surface area contributed by atoms with Gasteiger partial charge in [0.05, 0.1) is 11.4 Å². The number of hydrogen-bond acceptors (Lipinski definition) is 3. The Labute approximate surface area is 118 Å². The maximum atomic E-state index is 4.62. The van der Waals surface area contributed by atoms with Gasteiger partial charge in [0.15, 0.2) is 11.6 Å². The summed E-state index contributed by atoms with van der Waals surface area (Å²) in [5.41, 5.74) is 2.00. The molecule has 0 atom stereocenters. The fourth-order valence-corrected chi connectivity index (χ4v) is 2.19. The molecule has 5 heteroatoms. The molecule has 0 amide bonds. The van der Waals surface area contributed by atoms with Crippen LogP contribution in [0, 0.1) is 0 Å². The largest absolute Gasteiger partial charge is 0.348 e. The molecule has 0 saturated heterocycles. The molecule has 0 aliphatic rings. The first-order valence-corrected chi connectivity index (χ1v) is 6.67. The first-order valence-electron chi connectivity index (χ1n) is 6.67. The molecule has 0 aliphatic carbocycles. The van der Waals surface area contributed by atoms with Crippen LogP contribution in [0.5, 0.6) is 0 Å². The van der Waals surface area contributed by atoms with Gasteiger partial charge in [0.2, 0.25) is 0 Å². The molecule has 0 saturated carbocycles. The molecule has 0 radical (unpaired) electrons. The summed E-state index contributed by atoms with van der Waals surface area (Å²) in [5, 5.41) is 0. The van der Waals surface area contributed by atoms with E-state index in [9.17, 15) is 0 Å². The van der Waals surface area contributed by atoms with Gasteiger partial charge in [-0.1, -0.05) is 6.92 Å². The van der Waals surface area contributed by atoms with E-state index in [1.165, 1.54) is 0 Å². The van der Waals surface area contributed by atoms with Gasteiger partial charge in [-0.05, 0) is 24.3 Å². The lowest BCUT2D eigenvalue weighted by atomic mass is 10.3. The zero-order chi connectivity index (χ0) is 14.1. The van der Waals surface area contributed by atoms with E-state index in [-0.39, 0.29) is 0 Å². The highest BCUT2D eigenvalue weighted by Crippen LogP contribution is 2.20. The smallest absolute Gasteiger partial charge is 0.180 e. The van der Waals surface area contributed by atoms with Gasteiger partial charge in [0.25, 0.3) is 0 Å². The molecule has 3 heterocycles. The number of aromatic nitrogens is 5. The Morgan fingerprint density at radius 3 is 1.70 bits per heavy atom. The molecule has 0 bridgehead atoms. The van der Waals surface area contributed by atoms with E-state index < -0.39 is 0 Å². The van der Waals surface area contributed by atoms with E-state index in [4.69, 9.17) is 0 Å². The fourth-order valence-electron chi connectivity index (χ4n) is 2.19. The predicted molar refractivity (Wildman–Crippen MR) is 78.0 cm³/mol. The Balaban J connectivity index is 2.18. The summed E-state index contributed by atoms with van der Waals surface area (Å²) < 4.78 is 4.03. The first kappa shape index (κ1) is 12.6. The summed E-state index contributed by atoms with van der Waals surface area (Å²) in [5.74, 6) is 2.26. The van der Waals surface area contributed by atoms with Crippen molar-refractivity contribution in [2.75, 3.05) is 0 Å². The highest BCUT2D eigenvalue weighted by Gasteiger charge is 2.12. The van der Waals surface area contributed by atoms with Gasteiger partial charge >= 0.3 is 0 Å². The minimum atomic E-state index is 0.723. The molecule has 0 aliphatic heterocycles. The Morgan fingerprint density at radius 2 is 1.35 bits per heavy atom. The second kappa shape index (κ2) is 4.92.